The van der Waals surface area contributed by atoms with Crippen LogP contribution in [0.2, 0.25) is 0 Å². The van der Waals surface area contributed by atoms with Gasteiger partial charge in [0.1, 0.15) is 0 Å². The van der Waals surface area contributed by atoms with Gasteiger partial charge in [0.15, 0.2) is 0 Å². The topological polar surface area (TPSA) is 29.1 Å². The van der Waals surface area contributed by atoms with Crippen LogP contribution < -0.4 is 5.32 Å². The third-order valence-corrected chi connectivity index (χ3v) is 2.41. The Labute approximate surface area is 74.9 Å². The molecule has 0 atom stereocenters. The number of alkyl halides is 1. The Bertz CT molecular complexity index is 123. The molecule has 0 spiro atoms. The van der Waals surface area contributed by atoms with Gasteiger partial charge in [0.2, 0.25) is 5.91 Å². The van der Waals surface area contributed by atoms with E-state index in [2.05, 4.69) is 27.9 Å². The van der Waals surface area contributed by atoms with E-state index in [-0.39, 0.29) is 5.91 Å². The van der Waals surface area contributed by atoms with E-state index in [1.54, 1.807) is 0 Å². The van der Waals surface area contributed by atoms with Crippen molar-refractivity contribution in [1.29, 1.82) is 0 Å². The highest BCUT2D eigenvalue weighted by Gasteiger charge is 2.24. The lowest BCUT2D eigenvalue weighted by molar-refractivity contribution is -0.127. The number of hydrogen-bond acceptors (Lipinski definition) is 1. The predicted octanol–water partition coefficient (Wildman–Crippen LogP) is 1.34. The Balaban J connectivity index is 2.08. The minimum atomic E-state index is 0.267. The lowest BCUT2D eigenvalue weighted by Crippen LogP contribution is -2.35. The van der Waals surface area contributed by atoms with Crippen molar-refractivity contribution in [3.63, 3.8) is 0 Å². The summed E-state index contributed by atoms with van der Waals surface area (Å²) in [6.45, 7) is 0.829. The molecule has 3 heteroatoms. The molecule has 1 rings (SSSR count). The molecule has 1 saturated carbocycles. The van der Waals surface area contributed by atoms with E-state index < -0.39 is 0 Å². The largest absolute Gasteiger partial charge is 0.355 e. The van der Waals surface area contributed by atoms with Crippen molar-refractivity contribution in [2.45, 2.75) is 19.3 Å². The molecule has 1 aliphatic rings. The smallest absolute Gasteiger partial charge is 0.223 e. The summed E-state index contributed by atoms with van der Waals surface area (Å²) in [7, 11) is 0. The second kappa shape index (κ2) is 4.16. The first-order valence-corrected chi connectivity index (χ1v) is 5.21. The molecule has 58 valence electrons. The summed E-state index contributed by atoms with van der Waals surface area (Å²) in [6.07, 6.45) is 3.45. The van der Waals surface area contributed by atoms with Crippen LogP contribution in [0.4, 0.5) is 0 Å². The predicted molar refractivity (Wildman–Crippen MR) is 49.2 cm³/mol. The van der Waals surface area contributed by atoms with Crippen molar-refractivity contribution in [1.82, 2.24) is 5.32 Å². The second-order valence-corrected chi connectivity index (χ2v) is 3.69. The second-order valence-electron chi connectivity index (χ2n) is 2.61. The fourth-order valence-corrected chi connectivity index (χ4v) is 1.25. The van der Waals surface area contributed by atoms with Gasteiger partial charge in [0.05, 0.1) is 0 Å². The molecule has 0 radical (unpaired) electrons. The summed E-state index contributed by atoms with van der Waals surface area (Å²) in [4.78, 5) is 11.1. The lowest BCUT2D eigenvalue weighted by Gasteiger charge is -2.23. The zero-order chi connectivity index (χ0) is 7.40. The Morgan fingerprint density at radius 2 is 2.30 bits per heavy atom. The van der Waals surface area contributed by atoms with E-state index in [9.17, 15) is 4.79 Å². The molecule has 1 amide bonds. The van der Waals surface area contributed by atoms with Gasteiger partial charge >= 0.3 is 0 Å². The molecular weight excluding hydrogens is 241 g/mol. The quantitative estimate of drug-likeness (QED) is 0.596. The van der Waals surface area contributed by atoms with Gasteiger partial charge in [-0.25, -0.2) is 0 Å². The van der Waals surface area contributed by atoms with Crippen LogP contribution in [-0.2, 0) is 4.79 Å². The van der Waals surface area contributed by atoms with Crippen molar-refractivity contribution in [3.8, 4) is 0 Å². The summed E-state index contributed by atoms with van der Waals surface area (Å²) in [5.74, 6) is 0.617. The minimum Gasteiger partial charge on any atom is -0.355 e. The summed E-state index contributed by atoms with van der Waals surface area (Å²) in [6, 6.07) is 0. The summed E-state index contributed by atoms with van der Waals surface area (Å²) >= 11 is 2.26. The highest BCUT2D eigenvalue weighted by atomic mass is 127. The summed E-state index contributed by atoms with van der Waals surface area (Å²) in [5, 5.41) is 2.89. The van der Waals surface area contributed by atoms with E-state index >= 15 is 0 Å². The van der Waals surface area contributed by atoms with Crippen LogP contribution in [0.3, 0.4) is 0 Å². The van der Waals surface area contributed by atoms with Crippen molar-refractivity contribution in [3.05, 3.63) is 0 Å². The number of carbonyl (C=O) groups is 1. The maximum absolute atomic E-state index is 11.1. The Morgan fingerprint density at radius 3 is 2.70 bits per heavy atom. The first kappa shape index (κ1) is 8.30. The van der Waals surface area contributed by atoms with Gasteiger partial charge in [0.25, 0.3) is 0 Å². The molecular formula is C7H12INO. The fraction of sp³-hybridized carbons (Fsp3) is 0.857. The minimum absolute atomic E-state index is 0.267. The summed E-state index contributed by atoms with van der Waals surface area (Å²) < 4.78 is 1.01. The Hall–Kier alpha value is 0.200. The molecule has 1 fully saturated rings. The number of rotatable bonds is 3. The average Bonchev–Trinajstić information content (AvgIpc) is 1.79. The highest BCUT2D eigenvalue weighted by Crippen LogP contribution is 2.25. The van der Waals surface area contributed by atoms with E-state index in [4.69, 9.17) is 0 Å². The first-order chi connectivity index (χ1) is 4.84. The standard InChI is InChI=1S/C7H12INO/c8-4-5-9-7(10)6-2-1-3-6/h6H,1-5H2,(H,9,10). The van der Waals surface area contributed by atoms with Gasteiger partial charge in [-0.15, -0.1) is 0 Å². The molecule has 10 heavy (non-hydrogen) atoms. The number of amides is 1. The summed E-state index contributed by atoms with van der Waals surface area (Å²) in [5.41, 5.74) is 0. The molecule has 2 nitrogen and oxygen atoms in total. The number of nitrogens with one attached hydrogen (secondary N) is 1. The molecule has 0 heterocycles. The van der Waals surface area contributed by atoms with E-state index in [1.165, 1.54) is 6.42 Å². The van der Waals surface area contributed by atoms with Crippen LogP contribution in [0.1, 0.15) is 19.3 Å². The normalized spacial score (nSPS) is 18.1. The van der Waals surface area contributed by atoms with Crippen LogP contribution in [0.25, 0.3) is 0 Å². The van der Waals surface area contributed by atoms with Crippen LogP contribution >= 0.6 is 22.6 Å². The van der Waals surface area contributed by atoms with E-state index in [0.29, 0.717) is 5.92 Å². The van der Waals surface area contributed by atoms with Gasteiger partial charge in [-0.05, 0) is 12.8 Å². The third kappa shape index (κ3) is 2.11. The average molecular weight is 253 g/mol. The van der Waals surface area contributed by atoms with Gasteiger partial charge in [-0.2, -0.15) is 0 Å². The monoisotopic (exact) mass is 253 g/mol. The molecule has 0 aromatic heterocycles. The van der Waals surface area contributed by atoms with Crippen LogP contribution in [0.15, 0.2) is 0 Å². The van der Waals surface area contributed by atoms with E-state index in [0.717, 1.165) is 23.8 Å². The molecule has 0 aliphatic heterocycles. The molecule has 0 aromatic carbocycles. The van der Waals surface area contributed by atoms with Gasteiger partial charge in [0, 0.05) is 16.9 Å². The SMILES string of the molecule is O=C(NCCI)C1CCC1. The van der Waals surface area contributed by atoms with Crippen LogP contribution in [-0.4, -0.2) is 16.9 Å². The first-order valence-electron chi connectivity index (χ1n) is 3.68. The number of hydrogen-bond donors (Lipinski definition) is 1. The Morgan fingerprint density at radius 1 is 1.60 bits per heavy atom. The van der Waals surface area contributed by atoms with Crippen molar-refractivity contribution < 1.29 is 4.79 Å². The number of carbonyl (C=O) groups excluding carboxylic acids is 1. The third-order valence-electron chi connectivity index (χ3n) is 1.87. The molecule has 0 bridgehead atoms. The maximum atomic E-state index is 11.1. The molecule has 0 aromatic rings. The van der Waals surface area contributed by atoms with Gasteiger partial charge in [-0.3, -0.25) is 4.79 Å². The fourth-order valence-electron chi connectivity index (χ4n) is 0.985. The van der Waals surface area contributed by atoms with Gasteiger partial charge in [-0.1, -0.05) is 29.0 Å². The van der Waals surface area contributed by atoms with E-state index in [1.807, 2.05) is 0 Å². The van der Waals surface area contributed by atoms with Crippen LogP contribution in [0.5, 0.6) is 0 Å². The van der Waals surface area contributed by atoms with Crippen LogP contribution in [0, 0.1) is 5.92 Å². The zero-order valence-corrected chi connectivity index (χ0v) is 8.06. The lowest BCUT2D eigenvalue weighted by atomic mass is 9.85. The molecule has 0 unspecified atom stereocenters. The number of halogens is 1. The zero-order valence-electron chi connectivity index (χ0n) is 5.90. The molecule has 0 saturated heterocycles. The highest BCUT2D eigenvalue weighted by molar-refractivity contribution is 14.1. The van der Waals surface area contributed by atoms with Crippen molar-refractivity contribution in [2.24, 2.45) is 5.92 Å². The van der Waals surface area contributed by atoms with Crippen molar-refractivity contribution >= 4 is 28.5 Å². The van der Waals surface area contributed by atoms with Crippen molar-refractivity contribution in [2.75, 3.05) is 11.0 Å². The molecule has 1 N–H and O–H groups in total. The maximum Gasteiger partial charge on any atom is 0.223 e. The van der Waals surface area contributed by atoms with Gasteiger partial charge < -0.3 is 5.32 Å². The Kier molecular flexibility index (Phi) is 3.45. The molecule has 1 aliphatic carbocycles.